The number of methoxy groups -OCH3 is 1. The number of benzene rings is 2. The van der Waals surface area contributed by atoms with Crippen LogP contribution in [0.15, 0.2) is 48.5 Å². The van der Waals surface area contributed by atoms with Gasteiger partial charge < -0.3 is 14.8 Å². The Labute approximate surface area is 143 Å². The van der Waals surface area contributed by atoms with Gasteiger partial charge in [-0.2, -0.15) is 0 Å². The fourth-order valence-electron chi connectivity index (χ4n) is 1.77. The second kappa shape index (κ2) is 8.68. The number of halogens is 1. The number of carbonyl (C=O) groups excluding carboxylic acids is 1. The van der Waals surface area contributed by atoms with Gasteiger partial charge >= 0.3 is 0 Å². The van der Waals surface area contributed by atoms with Crippen molar-refractivity contribution in [3.8, 4) is 11.5 Å². The van der Waals surface area contributed by atoms with Crippen LogP contribution in [0.3, 0.4) is 0 Å². The Balaban J connectivity index is 1.75. The molecule has 3 N–H and O–H groups in total. The maximum absolute atomic E-state index is 13.1. The molecule has 0 atom stereocenters. The number of carbonyl (C=O) groups is 1. The van der Waals surface area contributed by atoms with E-state index in [1.165, 1.54) is 19.2 Å². The third-order valence-corrected chi connectivity index (χ3v) is 3.03. The maximum atomic E-state index is 13.1. The number of para-hydroxylation sites is 2. The molecule has 2 rings (SSSR count). The van der Waals surface area contributed by atoms with E-state index in [1.54, 1.807) is 36.4 Å². The van der Waals surface area contributed by atoms with Crippen molar-refractivity contribution < 1.29 is 18.7 Å². The van der Waals surface area contributed by atoms with Crippen LogP contribution in [0.1, 0.15) is 0 Å². The third kappa shape index (κ3) is 5.40. The van der Waals surface area contributed by atoms with Crippen LogP contribution >= 0.6 is 12.2 Å². The van der Waals surface area contributed by atoms with Crippen LogP contribution in [0.2, 0.25) is 0 Å². The minimum absolute atomic E-state index is 0.117. The summed E-state index contributed by atoms with van der Waals surface area (Å²) in [5.41, 5.74) is 5.34. The van der Waals surface area contributed by atoms with Gasteiger partial charge in [-0.1, -0.05) is 18.2 Å². The van der Waals surface area contributed by atoms with E-state index in [1.807, 2.05) is 0 Å². The SMILES string of the molecule is COc1ccccc1OCC(=O)NNC(=S)Nc1cccc(F)c1. The highest BCUT2D eigenvalue weighted by atomic mass is 32.1. The van der Waals surface area contributed by atoms with Gasteiger partial charge in [0.15, 0.2) is 23.2 Å². The fraction of sp³-hybridized carbons (Fsp3) is 0.125. The third-order valence-electron chi connectivity index (χ3n) is 2.83. The van der Waals surface area contributed by atoms with Gasteiger partial charge in [-0.3, -0.25) is 15.6 Å². The van der Waals surface area contributed by atoms with Crippen LogP contribution in [-0.4, -0.2) is 24.7 Å². The minimum Gasteiger partial charge on any atom is -0.493 e. The molecular weight excluding hydrogens is 333 g/mol. The van der Waals surface area contributed by atoms with Crippen molar-refractivity contribution in [3.63, 3.8) is 0 Å². The highest BCUT2D eigenvalue weighted by Gasteiger charge is 2.07. The molecule has 0 aliphatic carbocycles. The van der Waals surface area contributed by atoms with Crippen LogP contribution in [0, 0.1) is 5.82 Å². The Hall–Kier alpha value is -2.87. The Morgan fingerprint density at radius 3 is 2.58 bits per heavy atom. The molecule has 0 radical (unpaired) electrons. The summed E-state index contributed by atoms with van der Waals surface area (Å²) in [4.78, 5) is 11.7. The first-order valence-corrected chi connectivity index (χ1v) is 7.36. The zero-order valence-corrected chi connectivity index (χ0v) is 13.7. The number of hydrazine groups is 1. The van der Waals surface area contributed by atoms with E-state index in [0.29, 0.717) is 17.2 Å². The summed E-state index contributed by atoms with van der Waals surface area (Å²) in [6.07, 6.45) is 0. The molecule has 0 heterocycles. The summed E-state index contributed by atoms with van der Waals surface area (Å²) < 4.78 is 23.5. The monoisotopic (exact) mass is 349 g/mol. The van der Waals surface area contributed by atoms with Crippen LogP contribution in [0.4, 0.5) is 10.1 Å². The zero-order chi connectivity index (χ0) is 17.4. The Bertz CT molecular complexity index is 727. The predicted molar refractivity (Wildman–Crippen MR) is 92.4 cm³/mol. The smallest absolute Gasteiger partial charge is 0.276 e. The van der Waals surface area contributed by atoms with E-state index in [2.05, 4.69) is 16.2 Å². The van der Waals surface area contributed by atoms with Gasteiger partial charge in [0.2, 0.25) is 0 Å². The van der Waals surface area contributed by atoms with Gasteiger partial charge in [0, 0.05) is 5.69 Å². The highest BCUT2D eigenvalue weighted by Crippen LogP contribution is 2.25. The second-order valence-corrected chi connectivity index (χ2v) is 4.99. The molecular formula is C16H16FN3O3S. The van der Waals surface area contributed by atoms with E-state index < -0.39 is 11.7 Å². The average Bonchev–Trinajstić information content (AvgIpc) is 2.58. The number of ether oxygens (including phenoxy) is 2. The number of hydrogen-bond donors (Lipinski definition) is 3. The topological polar surface area (TPSA) is 71.6 Å². The summed E-state index contributed by atoms with van der Waals surface area (Å²) >= 11 is 4.99. The number of anilines is 1. The van der Waals surface area contributed by atoms with E-state index in [9.17, 15) is 9.18 Å². The molecule has 2 aromatic rings. The first-order chi connectivity index (χ1) is 11.6. The van der Waals surface area contributed by atoms with Gasteiger partial charge in [0.25, 0.3) is 5.91 Å². The van der Waals surface area contributed by atoms with E-state index in [-0.39, 0.29) is 11.7 Å². The van der Waals surface area contributed by atoms with Crippen molar-refractivity contribution in [2.24, 2.45) is 0 Å². The summed E-state index contributed by atoms with van der Waals surface area (Å²) in [5.74, 6) is 0.151. The van der Waals surface area contributed by atoms with E-state index in [0.717, 1.165) is 0 Å². The normalized spacial score (nSPS) is 9.75. The molecule has 0 fully saturated rings. The molecule has 126 valence electrons. The standard InChI is InChI=1S/C16H16FN3O3S/c1-22-13-7-2-3-8-14(13)23-10-15(21)19-20-16(24)18-12-6-4-5-11(17)9-12/h2-9H,10H2,1H3,(H,19,21)(H2,18,20,24). The fourth-order valence-corrected chi connectivity index (χ4v) is 1.94. The van der Waals surface area contributed by atoms with Crippen LogP contribution < -0.4 is 25.6 Å². The number of rotatable bonds is 5. The minimum atomic E-state index is -0.440. The van der Waals surface area contributed by atoms with Crippen LogP contribution in [0.5, 0.6) is 11.5 Å². The predicted octanol–water partition coefficient (Wildman–Crippen LogP) is 2.23. The summed E-state index contributed by atoms with van der Waals surface area (Å²) in [6, 6.07) is 12.8. The molecule has 0 spiro atoms. The number of thiocarbonyl (C=S) groups is 1. The number of nitrogens with one attached hydrogen (secondary N) is 3. The zero-order valence-electron chi connectivity index (χ0n) is 12.8. The Kier molecular flexibility index (Phi) is 6.32. The van der Waals surface area contributed by atoms with Crippen molar-refractivity contribution >= 4 is 28.9 Å². The molecule has 0 aliphatic rings. The first-order valence-electron chi connectivity index (χ1n) is 6.95. The molecule has 2 aromatic carbocycles. The molecule has 1 amide bonds. The summed E-state index contributed by atoms with van der Waals surface area (Å²) in [7, 11) is 1.51. The largest absolute Gasteiger partial charge is 0.493 e. The molecule has 24 heavy (non-hydrogen) atoms. The lowest BCUT2D eigenvalue weighted by atomic mass is 10.3. The van der Waals surface area contributed by atoms with Crippen molar-refractivity contribution in [1.29, 1.82) is 0 Å². The number of amides is 1. The molecule has 0 bridgehead atoms. The molecule has 8 heteroatoms. The number of hydrogen-bond acceptors (Lipinski definition) is 4. The lowest BCUT2D eigenvalue weighted by Gasteiger charge is -2.13. The quantitative estimate of drug-likeness (QED) is 0.568. The summed E-state index contributed by atoms with van der Waals surface area (Å²) in [6.45, 7) is -0.226. The first kappa shape index (κ1) is 17.5. The van der Waals surface area contributed by atoms with E-state index in [4.69, 9.17) is 21.7 Å². The maximum Gasteiger partial charge on any atom is 0.276 e. The van der Waals surface area contributed by atoms with Gasteiger partial charge in [-0.05, 0) is 42.5 Å². The molecule has 6 nitrogen and oxygen atoms in total. The Morgan fingerprint density at radius 1 is 1.12 bits per heavy atom. The van der Waals surface area contributed by atoms with Gasteiger partial charge in [-0.25, -0.2) is 4.39 Å². The molecule has 0 saturated carbocycles. The van der Waals surface area contributed by atoms with Crippen molar-refractivity contribution in [2.75, 3.05) is 19.0 Å². The lowest BCUT2D eigenvalue weighted by molar-refractivity contribution is -0.123. The Morgan fingerprint density at radius 2 is 1.88 bits per heavy atom. The van der Waals surface area contributed by atoms with Crippen LogP contribution in [-0.2, 0) is 4.79 Å². The second-order valence-electron chi connectivity index (χ2n) is 4.58. The van der Waals surface area contributed by atoms with Crippen LogP contribution in [0.25, 0.3) is 0 Å². The molecule has 0 saturated heterocycles. The van der Waals surface area contributed by atoms with Crippen molar-refractivity contribution in [2.45, 2.75) is 0 Å². The van der Waals surface area contributed by atoms with Gasteiger partial charge in [0.05, 0.1) is 7.11 Å². The van der Waals surface area contributed by atoms with Crippen molar-refractivity contribution in [3.05, 3.63) is 54.3 Å². The van der Waals surface area contributed by atoms with Gasteiger partial charge in [0.1, 0.15) is 5.82 Å². The van der Waals surface area contributed by atoms with Gasteiger partial charge in [-0.15, -0.1) is 0 Å². The average molecular weight is 349 g/mol. The molecule has 0 aliphatic heterocycles. The van der Waals surface area contributed by atoms with Crippen molar-refractivity contribution in [1.82, 2.24) is 10.9 Å². The molecule has 0 unspecified atom stereocenters. The lowest BCUT2D eigenvalue weighted by Crippen LogP contribution is -2.45. The van der Waals surface area contributed by atoms with E-state index >= 15 is 0 Å². The summed E-state index contributed by atoms with van der Waals surface area (Å²) in [5, 5.41) is 2.85. The highest BCUT2D eigenvalue weighted by molar-refractivity contribution is 7.80. The molecule has 0 aromatic heterocycles.